The molecule has 1 radical (unpaired) electrons. The van der Waals surface area contributed by atoms with Crippen molar-refractivity contribution in [1.82, 2.24) is 9.78 Å². The van der Waals surface area contributed by atoms with E-state index < -0.39 is 11.6 Å². The molecule has 0 aliphatic heterocycles. The van der Waals surface area contributed by atoms with E-state index in [4.69, 9.17) is 0 Å². The Bertz CT molecular complexity index is 275. The fraction of sp³-hybridized carbons (Fsp3) is 0.571. The van der Waals surface area contributed by atoms with Crippen molar-refractivity contribution in [2.45, 2.75) is 30.7 Å². The first kappa shape index (κ1) is 10.4. The van der Waals surface area contributed by atoms with Gasteiger partial charge in [0.15, 0.2) is 12.0 Å². The smallest absolute Gasteiger partial charge is 0.255 e. The van der Waals surface area contributed by atoms with Crippen molar-refractivity contribution in [1.29, 1.82) is 0 Å². The Balaban J connectivity index is 2.81. The SMILES string of the molecule is CCCn1n[c]c(F)c1SC(F)F. The number of halogens is 3. The molecule has 0 saturated carbocycles. The summed E-state index contributed by atoms with van der Waals surface area (Å²) in [7, 11) is 0. The van der Waals surface area contributed by atoms with Crippen molar-refractivity contribution in [3.63, 3.8) is 0 Å². The fourth-order valence-electron chi connectivity index (χ4n) is 0.871. The van der Waals surface area contributed by atoms with Crippen LogP contribution in [0.4, 0.5) is 13.2 Å². The third-order valence-electron chi connectivity index (χ3n) is 1.33. The molecule has 2 nitrogen and oxygen atoms in total. The van der Waals surface area contributed by atoms with E-state index in [9.17, 15) is 13.2 Å². The molecule has 1 aromatic rings. The maximum atomic E-state index is 12.8. The summed E-state index contributed by atoms with van der Waals surface area (Å²) in [4.78, 5) is 0. The molecule has 0 amide bonds. The van der Waals surface area contributed by atoms with E-state index >= 15 is 0 Å². The lowest BCUT2D eigenvalue weighted by atomic mass is 10.5. The van der Waals surface area contributed by atoms with Crippen molar-refractivity contribution in [3.8, 4) is 0 Å². The highest BCUT2D eigenvalue weighted by molar-refractivity contribution is 7.99. The molecule has 0 unspecified atom stereocenters. The second-order valence-corrected chi connectivity index (χ2v) is 3.31. The number of thioether (sulfide) groups is 1. The topological polar surface area (TPSA) is 17.8 Å². The van der Waals surface area contributed by atoms with Crippen LogP contribution in [0.5, 0.6) is 0 Å². The third kappa shape index (κ3) is 2.65. The summed E-state index contributed by atoms with van der Waals surface area (Å²) in [5.41, 5.74) is 0. The van der Waals surface area contributed by atoms with E-state index in [0.717, 1.165) is 0 Å². The van der Waals surface area contributed by atoms with Gasteiger partial charge in [-0.25, -0.2) is 4.39 Å². The van der Waals surface area contributed by atoms with Crippen LogP contribution in [0.15, 0.2) is 5.03 Å². The van der Waals surface area contributed by atoms with Gasteiger partial charge in [-0.15, -0.1) is 0 Å². The van der Waals surface area contributed by atoms with Crippen molar-refractivity contribution in [2.24, 2.45) is 0 Å². The molecule has 1 aromatic heterocycles. The Morgan fingerprint density at radius 2 is 2.31 bits per heavy atom. The van der Waals surface area contributed by atoms with Gasteiger partial charge in [-0.05, 0) is 18.2 Å². The first-order valence-corrected chi connectivity index (χ1v) is 4.62. The highest BCUT2D eigenvalue weighted by Gasteiger charge is 2.16. The van der Waals surface area contributed by atoms with Gasteiger partial charge in [-0.1, -0.05) is 6.92 Å². The van der Waals surface area contributed by atoms with Gasteiger partial charge < -0.3 is 0 Å². The zero-order valence-corrected chi connectivity index (χ0v) is 7.74. The number of nitrogens with zero attached hydrogens (tertiary/aromatic N) is 2. The number of hydrogen-bond donors (Lipinski definition) is 0. The minimum atomic E-state index is -2.63. The molecule has 6 heteroatoms. The predicted molar refractivity (Wildman–Crippen MR) is 43.2 cm³/mol. The second kappa shape index (κ2) is 4.55. The maximum Gasteiger partial charge on any atom is 0.290 e. The minimum Gasteiger partial charge on any atom is -0.255 e. The highest BCUT2D eigenvalue weighted by atomic mass is 32.2. The molecule has 0 bridgehead atoms. The van der Waals surface area contributed by atoms with Crippen LogP contribution in [0.3, 0.4) is 0 Å². The van der Waals surface area contributed by atoms with Gasteiger partial charge in [0, 0.05) is 6.54 Å². The Morgan fingerprint density at radius 1 is 1.62 bits per heavy atom. The molecule has 73 valence electrons. The summed E-state index contributed by atoms with van der Waals surface area (Å²) >= 11 is 0.159. The molecule has 0 aliphatic carbocycles. The Labute approximate surface area is 78.1 Å². The predicted octanol–water partition coefficient (Wildman–Crippen LogP) is 2.55. The van der Waals surface area contributed by atoms with E-state index in [-0.39, 0.29) is 16.8 Å². The number of aryl methyl sites for hydroxylation is 1. The summed E-state index contributed by atoms with van der Waals surface area (Å²) < 4.78 is 37.9. The molecule has 13 heavy (non-hydrogen) atoms. The van der Waals surface area contributed by atoms with Crippen LogP contribution in [-0.2, 0) is 6.54 Å². The zero-order chi connectivity index (χ0) is 9.84. The van der Waals surface area contributed by atoms with Gasteiger partial charge in [0.1, 0.15) is 5.03 Å². The molecular formula is C7H8F3N2S. The molecule has 0 aliphatic rings. The minimum absolute atomic E-state index is 0.142. The van der Waals surface area contributed by atoms with Crippen molar-refractivity contribution >= 4 is 11.8 Å². The molecular weight excluding hydrogens is 201 g/mol. The van der Waals surface area contributed by atoms with Gasteiger partial charge in [-0.2, -0.15) is 13.9 Å². The van der Waals surface area contributed by atoms with Crippen LogP contribution in [0.2, 0.25) is 0 Å². The first-order valence-electron chi connectivity index (χ1n) is 3.74. The summed E-state index contributed by atoms with van der Waals surface area (Å²) in [5, 5.41) is 3.38. The maximum absolute atomic E-state index is 12.8. The molecule has 0 saturated heterocycles. The van der Waals surface area contributed by atoms with E-state index in [1.165, 1.54) is 4.68 Å². The van der Waals surface area contributed by atoms with Crippen LogP contribution in [-0.4, -0.2) is 15.5 Å². The first-order chi connectivity index (χ1) is 6.15. The average Bonchev–Trinajstić information content (AvgIpc) is 2.36. The monoisotopic (exact) mass is 209 g/mol. The molecule has 0 atom stereocenters. The van der Waals surface area contributed by atoms with Crippen molar-refractivity contribution < 1.29 is 13.2 Å². The van der Waals surface area contributed by atoms with E-state index in [1.807, 2.05) is 13.1 Å². The normalized spacial score (nSPS) is 11.2. The summed E-state index contributed by atoms with van der Waals surface area (Å²) in [6, 6.07) is 0. The largest absolute Gasteiger partial charge is 0.290 e. The average molecular weight is 209 g/mol. The Kier molecular flexibility index (Phi) is 3.65. The van der Waals surface area contributed by atoms with Gasteiger partial charge in [0.05, 0.1) is 0 Å². The van der Waals surface area contributed by atoms with E-state index in [1.54, 1.807) is 0 Å². The third-order valence-corrected chi connectivity index (χ3v) is 2.12. The van der Waals surface area contributed by atoms with Gasteiger partial charge >= 0.3 is 0 Å². The van der Waals surface area contributed by atoms with Crippen LogP contribution >= 0.6 is 11.8 Å². The lowest BCUT2D eigenvalue weighted by Crippen LogP contribution is -2.02. The van der Waals surface area contributed by atoms with Crippen LogP contribution in [0.1, 0.15) is 13.3 Å². The van der Waals surface area contributed by atoms with Gasteiger partial charge in [0.25, 0.3) is 5.76 Å². The number of hydrogen-bond acceptors (Lipinski definition) is 2. The fourth-order valence-corrected chi connectivity index (χ4v) is 1.44. The van der Waals surface area contributed by atoms with Crippen molar-refractivity contribution in [3.05, 3.63) is 12.0 Å². The Hall–Kier alpha value is -0.650. The Morgan fingerprint density at radius 3 is 2.85 bits per heavy atom. The standard InChI is InChI=1S/C7H8F3N2S/c1-2-3-12-6(13-7(9)10)5(8)4-11-12/h7H,2-3H2,1H3. The summed E-state index contributed by atoms with van der Waals surface area (Å²) in [5.74, 6) is -3.44. The number of aromatic nitrogens is 2. The van der Waals surface area contributed by atoms with E-state index in [0.29, 0.717) is 13.0 Å². The zero-order valence-electron chi connectivity index (χ0n) is 6.93. The molecule has 0 spiro atoms. The summed E-state index contributed by atoms with van der Waals surface area (Å²) in [6.07, 6.45) is 2.73. The van der Waals surface area contributed by atoms with Gasteiger partial charge in [-0.3, -0.25) is 4.68 Å². The quantitative estimate of drug-likeness (QED) is 0.709. The molecule has 0 N–H and O–H groups in total. The van der Waals surface area contributed by atoms with Crippen LogP contribution < -0.4 is 0 Å². The molecule has 1 rings (SSSR count). The molecule has 1 heterocycles. The highest BCUT2D eigenvalue weighted by Crippen LogP contribution is 2.27. The molecule has 0 fully saturated rings. The van der Waals surface area contributed by atoms with Crippen LogP contribution in [0.25, 0.3) is 0 Å². The number of alkyl halides is 2. The molecule has 0 aromatic carbocycles. The van der Waals surface area contributed by atoms with Crippen molar-refractivity contribution in [2.75, 3.05) is 0 Å². The lowest BCUT2D eigenvalue weighted by molar-refractivity contribution is 0.251. The summed E-state index contributed by atoms with van der Waals surface area (Å²) in [6.45, 7) is 2.28. The van der Waals surface area contributed by atoms with Gasteiger partial charge in [0.2, 0.25) is 0 Å². The number of rotatable bonds is 4. The van der Waals surface area contributed by atoms with Crippen LogP contribution in [0, 0.1) is 12.0 Å². The van der Waals surface area contributed by atoms with E-state index in [2.05, 4.69) is 5.10 Å². The second-order valence-electron chi connectivity index (χ2n) is 2.33. The lowest BCUT2D eigenvalue weighted by Gasteiger charge is -2.03.